The van der Waals surface area contributed by atoms with Gasteiger partial charge in [-0.3, -0.25) is 9.69 Å². The van der Waals surface area contributed by atoms with E-state index >= 15 is 0 Å². The molecular weight excluding hydrogens is 350 g/mol. The van der Waals surface area contributed by atoms with E-state index in [1.165, 1.54) is 16.9 Å². The molecule has 3 heterocycles. The molecule has 26 heavy (non-hydrogen) atoms. The first kappa shape index (κ1) is 17.0. The van der Waals surface area contributed by atoms with Gasteiger partial charge in [0.25, 0.3) is 0 Å². The van der Waals surface area contributed by atoms with Gasteiger partial charge < -0.3 is 9.47 Å². The van der Waals surface area contributed by atoms with Crippen molar-refractivity contribution in [1.29, 1.82) is 0 Å². The van der Waals surface area contributed by atoms with Crippen LogP contribution in [0, 0.1) is 0 Å². The summed E-state index contributed by atoms with van der Waals surface area (Å²) in [5, 5.41) is 2.00. The molecule has 1 saturated heterocycles. The van der Waals surface area contributed by atoms with Crippen LogP contribution in [0.5, 0.6) is 0 Å². The minimum atomic E-state index is -0.304. The largest absolute Gasteiger partial charge is 0.445 e. The zero-order valence-electron chi connectivity index (χ0n) is 14.2. The van der Waals surface area contributed by atoms with Gasteiger partial charge in [0.1, 0.15) is 6.61 Å². The van der Waals surface area contributed by atoms with Gasteiger partial charge in [0.05, 0.1) is 30.2 Å². The monoisotopic (exact) mass is 369 g/mol. The van der Waals surface area contributed by atoms with E-state index in [2.05, 4.69) is 6.08 Å². The molecule has 2 aliphatic heterocycles. The summed E-state index contributed by atoms with van der Waals surface area (Å²) >= 11 is 1.44. The van der Waals surface area contributed by atoms with Gasteiger partial charge in [-0.1, -0.05) is 36.4 Å². The molecule has 0 saturated carbocycles. The predicted molar refractivity (Wildman–Crippen MR) is 99.2 cm³/mol. The first-order chi connectivity index (χ1) is 12.7. The van der Waals surface area contributed by atoms with Crippen LogP contribution in [0.25, 0.3) is 5.57 Å². The Labute approximate surface area is 155 Å². The number of nitrogens with zero attached hydrogens (tertiary/aromatic N) is 1. The van der Waals surface area contributed by atoms with E-state index in [-0.39, 0.29) is 24.8 Å². The van der Waals surface area contributed by atoms with E-state index in [1.807, 2.05) is 41.8 Å². The summed E-state index contributed by atoms with van der Waals surface area (Å²) < 4.78 is 11.2. The Kier molecular flexibility index (Phi) is 4.86. The van der Waals surface area contributed by atoms with E-state index < -0.39 is 0 Å². The highest BCUT2D eigenvalue weighted by atomic mass is 32.1. The summed E-state index contributed by atoms with van der Waals surface area (Å²) in [4.78, 5) is 26.1. The number of fused-ring (bicyclic) bond motifs is 2. The van der Waals surface area contributed by atoms with Crippen LogP contribution in [-0.2, 0) is 16.1 Å². The van der Waals surface area contributed by atoms with Crippen molar-refractivity contribution in [3.8, 4) is 0 Å². The van der Waals surface area contributed by atoms with Crippen molar-refractivity contribution in [3.63, 3.8) is 0 Å². The van der Waals surface area contributed by atoms with E-state index in [1.54, 1.807) is 4.90 Å². The van der Waals surface area contributed by atoms with Crippen LogP contribution >= 0.6 is 11.3 Å². The van der Waals surface area contributed by atoms with Crippen molar-refractivity contribution < 1.29 is 19.1 Å². The number of benzene rings is 1. The Balaban J connectivity index is 1.49. The number of carbonyl (C=O) groups is 2. The zero-order valence-corrected chi connectivity index (χ0v) is 15.0. The Morgan fingerprint density at radius 3 is 2.88 bits per heavy atom. The van der Waals surface area contributed by atoms with Crippen LogP contribution in [0.2, 0.25) is 0 Å². The molecule has 1 aromatic heterocycles. The molecule has 2 aromatic rings. The number of thiophene rings is 1. The molecule has 0 radical (unpaired) electrons. The lowest BCUT2D eigenvalue weighted by Crippen LogP contribution is -2.56. The quantitative estimate of drug-likeness (QED) is 0.770. The fraction of sp³-hybridized carbons (Fsp3) is 0.300. The summed E-state index contributed by atoms with van der Waals surface area (Å²) in [6.45, 7) is 1.23. The first-order valence-electron chi connectivity index (χ1n) is 8.56. The summed E-state index contributed by atoms with van der Waals surface area (Å²) in [5.74, 6) is 0. The molecule has 6 heteroatoms. The number of carbonyl (C=O) groups excluding carboxylic acids is 2. The van der Waals surface area contributed by atoms with Gasteiger partial charge in [-0.15, -0.1) is 11.3 Å². The second kappa shape index (κ2) is 7.43. The second-order valence-corrected chi connectivity index (χ2v) is 7.40. The fourth-order valence-corrected chi connectivity index (χ4v) is 4.20. The zero-order chi connectivity index (χ0) is 17.9. The minimum Gasteiger partial charge on any atom is -0.445 e. The molecule has 0 spiro atoms. The highest BCUT2D eigenvalue weighted by Gasteiger charge is 2.39. The van der Waals surface area contributed by atoms with Crippen molar-refractivity contribution in [2.24, 2.45) is 0 Å². The van der Waals surface area contributed by atoms with Crippen LogP contribution in [0.1, 0.15) is 27.2 Å². The highest BCUT2D eigenvalue weighted by molar-refractivity contribution is 7.11. The highest BCUT2D eigenvalue weighted by Crippen LogP contribution is 2.34. The Morgan fingerprint density at radius 1 is 1.31 bits per heavy atom. The Bertz CT molecular complexity index is 829. The molecule has 5 nitrogen and oxygen atoms in total. The number of hydrogen-bond acceptors (Lipinski definition) is 5. The van der Waals surface area contributed by atoms with Crippen LogP contribution in [0.3, 0.4) is 0 Å². The molecule has 1 amide bonds. The standard InChI is InChI=1S/C20H19NO4S/c22-9-19-8-16(13-26-19)15-6-17-11-24-12-18(7-15)21(17)20(23)25-10-14-4-2-1-3-5-14/h1-6,8-9,13,17-18H,7,10-12H2. The Hall–Kier alpha value is -2.44. The smallest absolute Gasteiger partial charge is 0.411 e. The lowest BCUT2D eigenvalue weighted by atomic mass is 9.91. The van der Waals surface area contributed by atoms with Gasteiger partial charge in [-0.2, -0.15) is 0 Å². The van der Waals surface area contributed by atoms with Crippen LogP contribution in [0.4, 0.5) is 4.79 Å². The van der Waals surface area contributed by atoms with Gasteiger partial charge in [0, 0.05) is 0 Å². The van der Waals surface area contributed by atoms with Crippen LogP contribution < -0.4 is 0 Å². The summed E-state index contributed by atoms with van der Waals surface area (Å²) in [5.41, 5.74) is 3.20. The fourth-order valence-electron chi connectivity index (χ4n) is 3.47. The number of hydrogen-bond donors (Lipinski definition) is 0. The average Bonchev–Trinajstić information content (AvgIpc) is 3.15. The molecule has 0 N–H and O–H groups in total. The maximum atomic E-state index is 12.7. The molecule has 2 bridgehead atoms. The van der Waals surface area contributed by atoms with E-state index in [0.717, 1.165) is 17.4 Å². The van der Waals surface area contributed by atoms with Crippen LogP contribution in [0.15, 0.2) is 47.9 Å². The SMILES string of the molecule is O=Cc1cc(C2=CC3COCC(C2)N3C(=O)OCc2ccccc2)cs1. The molecule has 0 aliphatic carbocycles. The maximum absolute atomic E-state index is 12.7. The number of amides is 1. The molecule has 2 aliphatic rings. The van der Waals surface area contributed by atoms with Crippen LogP contribution in [-0.4, -0.2) is 42.6 Å². The van der Waals surface area contributed by atoms with E-state index in [4.69, 9.17) is 9.47 Å². The van der Waals surface area contributed by atoms with Crippen molar-refractivity contribution >= 4 is 29.3 Å². The van der Waals surface area contributed by atoms with Gasteiger partial charge in [-0.25, -0.2) is 4.79 Å². The minimum absolute atomic E-state index is 0.0448. The van der Waals surface area contributed by atoms with E-state index in [0.29, 0.717) is 24.5 Å². The maximum Gasteiger partial charge on any atom is 0.411 e. The predicted octanol–water partition coefficient (Wildman–Crippen LogP) is 3.75. The van der Waals surface area contributed by atoms with E-state index in [9.17, 15) is 9.59 Å². The van der Waals surface area contributed by atoms with Gasteiger partial charge >= 0.3 is 6.09 Å². The molecule has 2 atom stereocenters. The lowest BCUT2D eigenvalue weighted by molar-refractivity contribution is -0.0342. The van der Waals surface area contributed by atoms with Gasteiger partial charge in [0.15, 0.2) is 6.29 Å². The topological polar surface area (TPSA) is 55.8 Å². The molecular formula is C20H19NO4S. The van der Waals surface area contributed by atoms with Crippen molar-refractivity contribution in [3.05, 3.63) is 63.9 Å². The first-order valence-corrected chi connectivity index (χ1v) is 9.44. The normalized spacial score (nSPS) is 21.8. The number of aldehydes is 1. The molecule has 4 rings (SSSR count). The summed E-state index contributed by atoms with van der Waals surface area (Å²) in [6, 6.07) is 11.4. The molecule has 1 fully saturated rings. The summed E-state index contributed by atoms with van der Waals surface area (Å²) in [7, 11) is 0. The summed E-state index contributed by atoms with van der Waals surface area (Å²) in [6.07, 6.45) is 3.33. The van der Waals surface area contributed by atoms with Crippen molar-refractivity contribution in [2.75, 3.05) is 13.2 Å². The van der Waals surface area contributed by atoms with Crippen molar-refractivity contribution in [2.45, 2.75) is 25.1 Å². The van der Waals surface area contributed by atoms with Gasteiger partial charge in [-0.05, 0) is 34.6 Å². The third-order valence-electron chi connectivity index (χ3n) is 4.72. The number of rotatable bonds is 4. The average molecular weight is 369 g/mol. The third-order valence-corrected chi connectivity index (χ3v) is 5.58. The molecule has 134 valence electrons. The number of morpholine rings is 1. The molecule has 2 unspecified atom stereocenters. The Morgan fingerprint density at radius 2 is 2.15 bits per heavy atom. The van der Waals surface area contributed by atoms with Gasteiger partial charge in [0.2, 0.25) is 0 Å². The van der Waals surface area contributed by atoms with Crippen molar-refractivity contribution in [1.82, 2.24) is 4.90 Å². The third kappa shape index (κ3) is 3.43. The molecule has 1 aromatic carbocycles. The second-order valence-electron chi connectivity index (χ2n) is 6.46. The number of ether oxygens (including phenoxy) is 2. The lowest BCUT2D eigenvalue weighted by Gasteiger charge is -2.43.